The molecule has 0 spiro atoms. The van der Waals surface area contributed by atoms with Crippen molar-refractivity contribution in [1.82, 2.24) is 5.32 Å². The molecule has 0 fully saturated rings. The third-order valence-electron chi connectivity index (χ3n) is 1.96. The fourth-order valence-corrected chi connectivity index (χ4v) is 1.61. The molecule has 0 aromatic rings. The maximum absolute atomic E-state index is 8.78. The van der Waals surface area contributed by atoms with Crippen molar-refractivity contribution in [2.45, 2.75) is 33.2 Å². The molecule has 3 heteroatoms. The highest BCUT2D eigenvalue weighted by Gasteiger charge is 2.15. The molecule has 0 aliphatic heterocycles. The molecule has 1 unspecified atom stereocenters. The first-order valence-corrected chi connectivity index (χ1v) is 6.05. The standard InChI is InChI=1S/C10H20N2S/c1-9(7-13-4)12-6-5-10(2,3)8-11/h9,12H,5-7H2,1-4H3. The quantitative estimate of drug-likeness (QED) is 0.714. The molecule has 0 saturated carbocycles. The largest absolute Gasteiger partial charge is 0.313 e. The number of nitrogens with one attached hydrogen (secondary N) is 1. The molecule has 0 radical (unpaired) electrons. The summed E-state index contributed by atoms with van der Waals surface area (Å²) in [4.78, 5) is 0. The third-order valence-corrected chi connectivity index (χ3v) is 2.80. The van der Waals surface area contributed by atoms with Gasteiger partial charge in [-0.3, -0.25) is 0 Å². The molecule has 0 aromatic heterocycles. The highest BCUT2D eigenvalue weighted by molar-refractivity contribution is 7.98. The van der Waals surface area contributed by atoms with Crippen molar-refractivity contribution in [2.75, 3.05) is 18.6 Å². The summed E-state index contributed by atoms with van der Waals surface area (Å²) in [5.41, 5.74) is -0.188. The smallest absolute Gasteiger partial charge is 0.0684 e. The zero-order valence-corrected chi connectivity index (χ0v) is 9.87. The number of hydrogen-bond acceptors (Lipinski definition) is 3. The van der Waals surface area contributed by atoms with Gasteiger partial charge in [0.05, 0.1) is 11.5 Å². The van der Waals surface area contributed by atoms with Gasteiger partial charge in [-0.05, 0) is 40.0 Å². The maximum Gasteiger partial charge on any atom is 0.0684 e. The van der Waals surface area contributed by atoms with Crippen molar-refractivity contribution in [1.29, 1.82) is 5.26 Å². The van der Waals surface area contributed by atoms with E-state index in [4.69, 9.17) is 5.26 Å². The summed E-state index contributed by atoms with van der Waals surface area (Å²) in [5, 5.41) is 12.2. The fourth-order valence-electron chi connectivity index (χ4n) is 0.996. The summed E-state index contributed by atoms with van der Waals surface area (Å²) in [6, 6.07) is 2.85. The van der Waals surface area contributed by atoms with Crippen LogP contribution in [-0.4, -0.2) is 24.6 Å². The first kappa shape index (κ1) is 12.8. The van der Waals surface area contributed by atoms with Gasteiger partial charge in [0, 0.05) is 11.8 Å². The maximum atomic E-state index is 8.78. The predicted octanol–water partition coefficient (Wildman–Crippen LogP) is 2.27. The molecular weight excluding hydrogens is 180 g/mol. The zero-order valence-electron chi connectivity index (χ0n) is 9.05. The lowest BCUT2D eigenvalue weighted by Crippen LogP contribution is -2.31. The van der Waals surface area contributed by atoms with Crippen molar-refractivity contribution in [3.05, 3.63) is 0 Å². The molecule has 0 aliphatic rings. The van der Waals surface area contributed by atoms with Crippen molar-refractivity contribution >= 4 is 11.8 Å². The Morgan fingerprint density at radius 1 is 1.54 bits per heavy atom. The lowest BCUT2D eigenvalue weighted by Gasteiger charge is -2.17. The first-order valence-electron chi connectivity index (χ1n) is 4.65. The lowest BCUT2D eigenvalue weighted by molar-refractivity contribution is 0.421. The average Bonchev–Trinajstić information content (AvgIpc) is 2.05. The minimum Gasteiger partial charge on any atom is -0.313 e. The van der Waals surface area contributed by atoms with Crippen molar-refractivity contribution in [2.24, 2.45) is 5.41 Å². The molecule has 2 nitrogen and oxygen atoms in total. The molecule has 13 heavy (non-hydrogen) atoms. The van der Waals surface area contributed by atoms with Gasteiger partial charge in [0.25, 0.3) is 0 Å². The number of thioether (sulfide) groups is 1. The second-order valence-corrected chi connectivity index (χ2v) is 4.97. The minimum absolute atomic E-state index is 0.188. The van der Waals surface area contributed by atoms with Gasteiger partial charge in [-0.25, -0.2) is 0 Å². The van der Waals surface area contributed by atoms with Gasteiger partial charge in [0.2, 0.25) is 0 Å². The van der Waals surface area contributed by atoms with Crippen LogP contribution in [0, 0.1) is 16.7 Å². The molecule has 0 amide bonds. The minimum atomic E-state index is -0.188. The molecule has 0 heterocycles. The van der Waals surface area contributed by atoms with Crippen LogP contribution < -0.4 is 5.32 Å². The Labute approximate surface area is 86.1 Å². The molecule has 1 N–H and O–H groups in total. The number of nitriles is 1. The summed E-state index contributed by atoms with van der Waals surface area (Å²) in [6.07, 6.45) is 3.03. The van der Waals surface area contributed by atoms with Crippen LogP contribution in [-0.2, 0) is 0 Å². The van der Waals surface area contributed by atoms with Crippen LogP contribution in [0.2, 0.25) is 0 Å². The number of rotatable bonds is 6. The molecular formula is C10H20N2S. The Bertz CT molecular complexity index is 172. The summed E-state index contributed by atoms with van der Waals surface area (Å²) in [6.45, 7) is 7.07. The van der Waals surface area contributed by atoms with Gasteiger partial charge in [-0.15, -0.1) is 0 Å². The van der Waals surface area contributed by atoms with E-state index in [1.807, 2.05) is 25.6 Å². The van der Waals surface area contributed by atoms with Gasteiger partial charge >= 0.3 is 0 Å². The van der Waals surface area contributed by atoms with Gasteiger partial charge in [-0.2, -0.15) is 17.0 Å². The van der Waals surface area contributed by atoms with Crippen LogP contribution in [0.4, 0.5) is 0 Å². The molecule has 0 bridgehead atoms. The molecule has 76 valence electrons. The Hall–Kier alpha value is -0.200. The van der Waals surface area contributed by atoms with Crippen molar-refractivity contribution in [3.63, 3.8) is 0 Å². The van der Waals surface area contributed by atoms with Crippen LogP contribution >= 0.6 is 11.8 Å². The summed E-state index contributed by atoms with van der Waals surface area (Å²) in [7, 11) is 0. The van der Waals surface area contributed by atoms with Crippen LogP contribution in [0.15, 0.2) is 0 Å². The molecule has 0 rings (SSSR count). The highest BCUT2D eigenvalue weighted by Crippen LogP contribution is 2.17. The van der Waals surface area contributed by atoms with Gasteiger partial charge in [-0.1, -0.05) is 0 Å². The number of hydrogen-bond donors (Lipinski definition) is 1. The van der Waals surface area contributed by atoms with Gasteiger partial charge < -0.3 is 5.32 Å². The van der Waals surface area contributed by atoms with Crippen LogP contribution in [0.1, 0.15) is 27.2 Å². The van der Waals surface area contributed by atoms with E-state index in [0.717, 1.165) is 18.7 Å². The van der Waals surface area contributed by atoms with E-state index in [-0.39, 0.29) is 5.41 Å². The first-order chi connectivity index (χ1) is 6.02. The monoisotopic (exact) mass is 200 g/mol. The van der Waals surface area contributed by atoms with Crippen molar-refractivity contribution < 1.29 is 0 Å². The molecule has 0 saturated heterocycles. The Balaban J connectivity index is 3.51. The van der Waals surface area contributed by atoms with Gasteiger partial charge in [0.1, 0.15) is 0 Å². The second kappa shape index (κ2) is 6.28. The normalized spacial score (nSPS) is 13.8. The van der Waals surface area contributed by atoms with Crippen LogP contribution in [0.25, 0.3) is 0 Å². The average molecular weight is 200 g/mol. The van der Waals surface area contributed by atoms with Crippen LogP contribution in [0.5, 0.6) is 0 Å². The fraction of sp³-hybridized carbons (Fsp3) is 0.900. The SMILES string of the molecule is CSCC(C)NCCC(C)(C)C#N. The Morgan fingerprint density at radius 2 is 2.15 bits per heavy atom. The van der Waals surface area contributed by atoms with E-state index in [2.05, 4.69) is 24.6 Å². The van der Waals surface area contributed by atoms with E-state index in [1.54, 1.807) is 0 Å². The van der Waals surface area contributed by atoms with Crippen LogP contribution in [0.3, 0.4) is 0 Å². The highest BCUT2D eigenvalue weighted by atomic mass is 32.2. The Kier molecular flexibility index (Phi) is 6.19. The Morgan fingerprint density at radius 3 is 2.62 bits per heavy atom. The van der Waals surface area contributed by atoms with E-state index >= 15 is 0 Å². The summed E-state index contributed by atoms with van der Waals surface area (Å²) in [5.74, 6) is 1.13. The second-order valence-electron chi connectivity index (χ2n) is 4.06. The third kappa shape index (κ3) is 6.92. The van der Waals surface area contributed by atoms with E-state index in [9.17, 15) is 0 Å². The molecule has 0 aliphatic carbocycles. The molecule has 0 aromatic carbocycles. The van der Waals surface area contributed by atoms with E-state index < -0.39 is 0 Å². The van der Waals surface area contributed by atoms with Gasteiger partial charge in [0.15, 0.2) is 0 Å². The summed E-state index contributed by atoms with van der Waals surface area (Å²) < 4.78 is 0. The molecule has 1 atom stereocenters. The summed E-state index contributed by atoms with van der Waals surface area (Å²) >= 11 is 1.85. The van der Waals surface area contributed by atoms with E-state index in [0.29, 0.717) is 6.04 Å². The van der Waals surface area contributed by atoms with E-state index in [1.165, 1.54) is 0 Å². The zero-order chi connectivity index (χ0) is 10.3. The topological polar surface area (TPSA) is 35.8 Å². The predicted molar refractivity (Wildman–Crippen MR) is 59.9 cm³/mol. The lowest BCUT2D eigenvalue weighted by atomic mass is 9.91. The number of nitrogens with zero attached hydrogens (tertiary/aromatic N) is 1. The van der Waals surface area contributed by atoms with Crippen molar-refractivity contribution in [3.8, 4) is 6.07 Å².